The minimum absolute atomic E-state index is 0.00715. The maximum atomic E-state index is 8.68. The lowest BCUT2D eigenvalue weighted by Crippen LogP contribution is -2.14. The molecular weight excluding hydrogens is 308 g/mol. The Bertz CT molecular complexity index is 784. The van der Waals surface area contributed by atoms with Crippen LogP contribution in [0.15, 0.2) is 42.7 Å². The third-order valence-corrected chi connectivity index (χ3v) is 3.13. The van der Waals surface area contributed by atoms with Crippen LogP contribution in [0.1, 0.15) is 0 Å². The van der Waals surface area contributed by atoms with Crippen LogP contribution in [-0.2, 0) is 4.74 Å². The number of aliphatic hydroxyl groups excluding tert-OH is 1. The third-order valence-electron chi connectivity index (χ3n) is 3.13. The SMILES string of the molecule is OCCOCCNc1nc(Nc2ccccc2)c2nccnc2n1. The lowest BCUT2D eigenvalue weighted by Gasteiger charge is -2.10. The van der Waals surface area contributed by atoms with Crippen LogP contribution in [0, 0.1) is 0 Å². The van der Waals surface area contributed by atoms with Crippen molar-refractivity contribution >= 4 is 28.6 Å². The van der Waals surface area contributed by atoms with Crippen LogP contribution in [0.4, 0.5) is 17.5 Å². The van der Waals surface area contributed by atoms with E-state index < -0.39 is 0 Å². The van der Waals surface area contributed by atoms with E-state index in [1.807, 2.05) is 30.3 Å². The molecule has 8 heteroatoms. The van der Waals surface area contributed by atoms with Crippen molar-refractivity contribution in [3.05, 3.63) is 42.7 Å². The Morgan fingerprint density at radius 2 is 1.83 bits per heavy atom. The Morgan fingerprint density at radius 3 is 2.67 bits per heavy atom. The van der Waals surface area contributed by atoms with Crippen LogP contribution in [0.2, 0.25) is 0 Å². The molecule has 1 aromatic carbocycles. The fourth-order valence-electron chi connectivity index (χ4n) is 2.09. The number of ether oxygens (including phenoxy) is 1. The number of fused-ring (bicyclic) bond motifs is 1. The van der Waals surface area contributed by atoms with E-state index in [9.17, 15) is 0 Å². The largest absolute Gasteiger partial charge is 0.394 e. The van der Waals surface area contributed by atoms with Gasteiger partial charge in [0.15, 0.2) is 17.0 Å². The maximum absolute atomic E-state index is 8.68. The monoisotopic (exact) mass is 326 g/mol. The second-order valence-electron chi connectivity index (χ2n) is 4.88. The van der Waals surface area contributed by atoms with Crippen LogP contribution in [0.25, 0.3) is 11.2 Å². The van der Waals surface area contributed by atoms with Gasteiger partial charge in [0.25, 0.3) is 0 Å². The van der Waals surface area contributed by atoms with Crippen molar-refractivity contribution < 1.29 is 9.84 Å². The molecule has 0 aliphatic heterocycles. The number of anilines is 3. The normalized spacial score (nSPS) is 10.7. The fraction of sp³-hybridized carbons (Fsp3) is 0.250. The van der Waals surface area contributed by atoms with Gasteiger partial charge < -0.3 is 20.5 Å². The zero-order valence-corrected chi connectivity index (χ0v) is 13.0. The van der Waals surface area contributed by atoms with Gasteiger partial charge >= 0.3 is 0 Å². The summed E-state index contributed by atoms with van der Waals surface area (Å²) in [5.74, 6) is 1.02. The van der Waals surface area contributed by atoms with Gasteiger partial charge in [-0.25, -0.2) is 9.97 Å². The molecule has 24 heavy (non-hydrogen) atoms. The molecule has 0 fully saturated rings. The average molecular weight is 326 g/mol. The molecule has 8 nitrogen and oxygen atoms in total. The molecule has 0 amide bonds. The lowest BCUT2D eigenvalue weighted by atomic mass is 10.3. The van der Waals surface area contributed by atoms with Crippen molar-refractivity contribution in [1.82, 2.24) is 19.9 Å². The number of hydrogen-bond donors (Lipinski definition) is 3. The van der Waals surface area contributed by atoms with Gasteiger partial charge in [-0.15, -0.1) is 0 Å². The molecular formula is C16H18N6O2. The van der Waals surface area contributed by atoms with Gasteiger partial charge in [-0.2, -0.15) is 9.97 Å². The van der Waals surface area contributed by atoms with Crippen molar-refractivity contribution in [2.24, 2.45) is 0 Å². The molecule has 0 saturated carbocycles. The molecule has 2 aromatic heterocycles. The van der Waals surface area contributed by atoms with Crippen molar-refractivity contribution in [3.63, 3.8) is 0 Å². The summed E-state index contributed by atoms with van der Waals surface area (Å²) in [4.78, 5) is 17.4. The molecule has 124 valence electrons. The molecule has 3 N–H and O–H groups in total. The van der Waals surface area contributed by atoms with Gasteiger partial charge in [-0.05, 0) is 12.1 Å². The molecule has 0 unspecified atom stereocenters. The first-order chi connectivity index (χ1) is 11.9. The highest BCUT2D eigenvalue weighted by molar-refractivity contribution is 5.85. The van der Waals surface area contributed by atoms with Gasteiger partial charge in [0.2, 0.25) is 5.95 Å². The van der Waals surface area contributed by atoms with Gasteiger partial charge in [0.05, 0.1) is 19.8 Å². The van der Waals surface area contributed by atoms with Gasteiger partial charge in [0, 0.05) is 24.6 Å². The predicted molar refractivity (Wildman–Crippen MR) is 91.2 cm³/mol. The Morgan fingerprint density at radius 1 is 1.00 bits per heavy atom. The zero-order chi connectivity index (χ0) is 16.6. The molecule has 0 aliphatic rings. The zero-order valence-electron chi connectivity index (χ0n) is 13.0. The van der Waals surface area contributed by atoms with Crippen molar-refractivity contribution in [1.29, 1.82) is 0 Å². The van der Waals surface area contributed by atoms with E-state index in [-0.39, 0.29) is 6.61 Å². The predicted octanol–water partition coefficient (Wildman–Crippen LogP) is 1.58. The Labute approximate surface area is 139 Å². The Kier molecular flexibility index (Phi) is 5.44. The quantitative estimate of drug-likeness (QED) is 0.536. The standard InChI is InChI=1S/C16H18N6O2/c23-9-11-24-10-8-19-16-21-14-13(17-6-7-18-14)15(22-16)20-12-4-2-1-3-5-12/h1-7,23H,8-11H2,(H2,18,19,20,21,22). The van der Waals surface area contributed by atoms with Crippen LogP contribution >= 0.6 is 0 Å². The second-order valence-corrected chi connectivity index (χ2v) is 4.88. The molecule has 0 bridgehead atoms. The minimum Gasteiger partial charge on any atom is -0.394 e. The summed E-state index contributed by atoms with van der Waals surface area (Å²) < 4.78 is 5.21. The second kappa shape index (κ2) is 8.14. The van der Waals surface area contributed by atoms with E-state index >= 15 is 0 Å². The third kappa shape index (κ3) is 4.12. The summed E-state index contributed by atoms with van der Waals surface area (Å²) in [6.07, 6.45) is 3.20. The highest BCUT2D eigenvalue weighted by Crippen LogP contribution is 2.21. The smallest absolute Gasteiger partial charge is 0.226 e. The average Bonchev–Trinajstić information content (AvgIpc) is 2.62. The molecule has 2 heterocycles. The Balaban J connectivity index is 1.80. The van der Waals surface area contributed by atoms with Crippen LogP contribution in [0.3, 0.4) is 0 Å². The first-order valence-electron chi connectivity index (χ1n) is 7.60. The summed E-state index contributed by atoms with van der Waals surface area (Å²) >= 11 is 0. The Hall–Kier alpha value is -2.84. The summed E-state index contributed by atoms with van der Waals surface area (Å²) in [7, 11) is 0. The van der Waals surface area contributed by atoms with E-state index in [0.29, 0.717) is 42.7 Å². The number of hydrogen-bond acceptors (Lipinski definition) is 8. The summed E-state index contributed by atoms with van der Waals surface area (Å²) in [6, 6.07) is 9.72. The van der Waals surface area contributed by atoms with Crippen molar-refractivity contribution in [3.8, 4) is 0 Å². The van der Waals surface area contributed by atoms with Gasteiger partial charge in [0.1, 0.15) is 0 Å². The van der Waals surface area contributed by atoms with E-state index in [2.05, 4.69) is 30.6 Å². The maximum Gasteiger partial charge on any atom is 0.226 e. The summed E-state index contributed by atoms with van der Waals surface area (Å²) in [5.41, 5.74) is 2.01. The van der Waals surface area contributed by atoms with E-state index in [1.54, 1.807) is 12.4 Å². The number of para-hydroxylation sites is 1. The van der Waals surface area contributed by atoms with Crippen LogP contribution < -0.4 is 10.6 Å². The van der Waals surface area contributed by atoms with Crippen molar-refractivity contribution in [2.75, 3.05) is 37.0 Å². The number of nitrogens with zero attached hydrogens (tertiary/aromatic N) is 4. The first kappa shape index (κ1) is 16.0. The molecule has 0 saturated heterocycles. The van der Waals surface area contributed by atoms with E-state index in [4.69, 9.17) is 9.84 Å². The molecule has 3 aromatic rings. The minimum atomic E-state index is 0.00715. The first-order valence-corrected chi connectivity index (χ1v) is 7.60. The molecule has 0 spiro atoms. The van der Waals surface area contributed by atoms with Crippen LogP contribution in [0.5, 0.6) is 0 Å². The molecule has 0 radical (unpaired) electrons. The molecule has 3 rings (SSSR count). The summed E-state index contributed by atoms with van der Waals surface area (Å²) in [5, 5.41) is 15.0. The number of benzene rings is 1. The topological polar surface area (TPSA) is 105 Å². The molecule has 0 aliphatic carbocycles. The number of aliphatic hydroxyl groups is 1. The summed E-state index contributed by atoms with van der Waals surface area (Å²) in [6.45, 7) is 1.29. The lowest BCUT2D eigenvalue weighted by molar-refractivity contribution is 0.0991. The number of nitrogens with one attached hydrogen (secondary N) is 2. The van der Waals surface area contributed by atoms with Crippen LogP contribution in [-0.4, -0.2) is 51.4 Å². The number of aromatic nitrogens is 4. The van der Waals surface area contributed by atoms with Gasteiger partial charge in [-0.1, -0.05) is 18.2 Å². The van der Waals surface area contributed by atoms with E-state index in [0.717, 1.165) is 5.69 Å². The number of rotatable bonds is 8. The van der Waals surface area contributed by atoms with Gasteiger partial charge in [-0.3, -0.25) is 0 Å². The molecule has 0 atom stereocenters. The highest BCUT2D eigenvalue weighted by atomic mass is 16.5. The van der Waals surface area contributed by atoms with E-state index in [1.165, 1.54) is 0 Å². The fourth-order valence-corrected chi connectivity index (χ4v) is 2.09. The highest BCUT2D eigenvalue weighted by Gasteiger charge is 2.10. The van der Waals surface area contributed by atoms with Crippen molar-refractivity contribution in [2.45, 2.75) is 0 Å².